The summed E-state index contributed by atoms with van der Waals surface area (Å²) >= 11 is 5.82. The van der Waals surface area contributed by atoms with E-state index in [1.165, 1.54) is 13.2 Å². The molecule has 0 radical (unpaired) electrons. The van der Waals surface area contributed by atoms with Gasteiger partial charge in [-0.15, -0.1) is 0 Å². The molecule has 94 valence electrons. The van der Waals surface area contributed by atoms with Crippen molar-refractivity contribution in [1.82, 2.24) is 14.8 Å². The summed E-state index contributed by atoms with van der Waals surface area (Å²) in [6, 6.07) is 3.15. The zero-order valence-electron chi connectivity index (χ0n) is 9.72. The topological polar surface area (TPSA) is 77.2 Å². The molecule has 0 aromatic carbocycles. The SMILES string of the molecule is Cc1nn(C)c(=O)c(Oc2cccnc2Cl)c1O. The van der Waals surface area contributed by atoms with Crippen molar-refractivity contribution in [3.05, 3.63) is 39.5 Å². The van der Waals surface area contributed by atoms with Crippen molar-refractivity contribution >= 4 is 11.6 Å². The van der Waals surface area contributed by atoms with E-state index in [1.54, 1.807) is 19.1 Å². The molecule has 0 atom stereocenters. The highest BCUT2D eigenvalue weighted by atomic mass is 35.5. The van der Waals surface area contributed by atoms with E-state index in [4.69, 9.17) is 16.3 Å². The van der Waals surface area contributed by atoms with Gasteiger partial charge in [0.15, 0.2) is 16.7 Å². The quantitative estimate of drug-likeness (QED) is 0.837. The zero-order valence-corrected chi connectivity index (χ0v) is 10.5. The number of nitrogens with zero attached hydrogens (tertiary/aromatic N) is 3. The van der Waals surface area contributed by atoms with Crippen LogP contribution in [0, 0.1) is 6.92 Å². The number of aryl methyl sites for hydroxylation is 2. The molecule has 0 amide bonds. The summed E-state index contributed by atoms with van der Waals surface area (Å²) in [6.45, 7) is 1.56. The van der Waals surface area contributed by atoms with Gasteiger partial charge in [-0.3, -0.25) is 4.79 Å². The summed E-state index contributed by atoms with van der Waals surface area (Å²) in [6.07, 6.45) is 1.49. The molecule has 18 heavy (non-hydrogen) atoms. The molecule has 0 bridgehead atoms. The number of rotatable bonds is 2. The van der Waals surface area contributed by atoms with Gasteiger partial charge in [0.25, 0.3) is 0 Å². The molecular weight excluding hydrogens is 258 g/mol. The number of aromatic nitrogens is 3. The normalized spacial score (nSPS) is 10.4. The van der Waals surface area contributed by atoms with Gasteiger partial charge in [-0.2, -0.15) is 5.10 Å². The van der Waals surface area contributed by atoms with Crippen LogP contribution in [0.15, 0.2) is 23.1 Å². The van der Waals surface area contributed by atoms with Crippen molar-refractivity contribution in [2.45, 2.75) is 6.92 Å². The van der Waals surface area contributed by atoms with Gasteiger partial charge in [-0.1, -0.05) is 11.6 Å². The third-order valence-corrected chi connectivity index (χ3v) is 2.57. The van der Waals surface area contributed by atoms with E-state index in [1.807, 2.05) is 0 Å². The molecule has 1 N–H and O–H groups in total. The van der Waals surface area contributed by atoms with Crippen LogP contribution in [0.3, 0.4) is 0 Å². The third-order valence-electron chi connectivity index (χ3n) is 2.28. The summed E-state index contributed by atoms with van der Waals surface area (Å²) in [5, 5.41) is 13.7. The predicted octanol–water partition coefficient (Wildman–Crippen LogP) is 1.64. The Morgan fingerprint density at radius 3 is 2.89 bits per heavy atom. The lowest BCUT2D eigenvalue weighted by molar-refractivity contribution is 0.389. The van der Waals surface area contributed by atoms with Crippen molar-refractivity contribution in [3.8, 4) is 17.2 Å². The smallest absolute Gasteiger partial charge is 0.313 e. The average molecular weight is 268 g/mol. The maximum atomic E-state index is 11.8. The van der Waals surface area contributed by atoms with Crippen LogP contribution in [-0.2, 0) is 7.05 Å². The van der Waals surface area contributed by atoms with E-state index in [0.29, 0.717) is 0 Å². The molecule has 2 rings (SSSR count). The minimum absolute atomic E-state index is 0.105. The van der Waals surface area contributed by atoms with Crippen molar-refractivity contribution in [3.63, 3.8) is 0 Å². The third kappa shape index (κ3) is 2.14. The van der Waals surface area contributed by atoms with Gasteiger partial charge >= 0.3 is 5.56 Å². The summed E-state index contributed by atoms with van der Waals surface area (Å²) in [5.74, 6) is -0.338. The fraction of sp³-hybridized carbons (Fsp3) is 0.182. The predicted molar refractivity (Wildman–Crippen MR) is 65.2 cm³/mol. The lowest BCUT2D eigenvalue weighted by Crippen LogP contribution is -2.21. The minimum atomic E-state index is -0.557. The van der Waals surface area contributed by atoms with E-state index >= 15 is 0 Å². The molecule has 0 aliphatic rings. The maximum Gasteiger partial charge on any atom is 0.313 e. The number of hydrogen-bond donors (Lipinski definition) is 1. The van der Waals surface area contributed by atoms with Crippen LogP contribution in [0.2, 0.25) is 5.15 Å². The van der Waals surface area contributed by atoms with Gasteiger partial charge in [0.05, 0.1) is 0 Å². The van der Waals surface area contributed by atoms with Crippen LogP contribution in [0.4, 0.5) is 0 Å². The maximum absolute atomic E-state index is 11.8. The lowest BCUT2D eigenvalue weighted by atomic mass is 10.3. The van der Waals surface area contributed by atoms with Gasteiger partial charge in [0, 0.05) is 13.2 Å². The zero-order chi connectivity index (χ0) is 13.3. The summed E-state index contributed by atoms with van der Waals surface area (Å²) in [7, 11) is 1.46. The minimum Gasteiger partial charge on any atom is -0.503 e. The summed E-state index contributed by atoms with van der Waals surface area (Å²) in [5.41, 5.74) is -0.273. The Kier molecular flexibility index (Phi) is 3.20. The number of pyridine rings is 1. The Hall–Kier alpha value is -2.08. The molecule has 0 aliphatic carbocycles. The standard InChI is InChI=1S/C11H10ClN3O3/c1-6-8(16)9(11(17)15(2)14-6)18-7-4-3-5-13-10(7)12/h3-5,16H,1-2H3. The van der Waals surface area contributed by atoms with Crippen molar-refractivity contribution in [2.24, 2.45) is 7.05 Å². The van der Waals surface area contributed by atoms with Crippen molar-refractivity contribution < 1.29 is 9.84 Å². The number of halogens is 1. The molecule has 2 aromatic rings. The number of ether oxygens (including phenoxy) is 1. The van der Waals surface area contributed by atoms with Gasteiger partial charge < -0.3 is 9.84 Å². The van der Waals surface area contributed by atoms with E-state index < -0.39 is 5.56 Å². The first-order valence-corrected chi connectivity index (χ1v) is 5.43. The van der Waals surface area contributed by atoms with E-state index in [0.717, 1.165) is 4.68 Å². The van der Waals surface area contributed by atoms with Crippen LogP contribution in [0.25, 0.3) is 0 Å². The fourth-order valence-corrected chi connectivity index (χ4v) is 1.54. The molecule has 2 heterocycles. The van der Waals surface area contributed by atoms with Gasteiger partial charge in [-0.05, 0) is 19.1 Å². The molecule has 0 unspecified atom stereocenters. The second kappa shape index (κ2) is 4.66. The number of hydrogen-bond acceptors (Lipinski definition) is 5. The molecule has 0 fully saturated rings. The van der Waals surface area contributed by atoms with Crippen LogP contribution in [0.1, 0.15) is 5.69 Å². The van der Waals surface area contributed by atoms with Crippen LogP contribution >= 0.6 is 11.6 Å². The summed E-state index contributed by atoms with van der Waals surface area (Å²) < 4.78 is 6.39. The Labute approximate surface area is 107 Å². The largest absolute Gasteiger partial charge is 0.503 e. The van der Waals surface area contributed by atoms with Gasteiger partial charge in [0.2, 0.25) is 5.75 Å². The Bertz CT molecular complexity index is 654. The lowest BCUT2D eigenvalue weighted by Gasteiger charge is -2.10. The molecule has 6 nitrogen and oxygen atoms in total. The Balaban J connectivity index is 2.54. The Morgan fingerprint density at radius 1 is 1.50 bits per heavy atom. The highest BCUT2D eigenvalue weighted by molar-refractivity contribution is 6.30. The van der Waals surface area contributed by atoms with E-state index in [9.17, 15) is 9.90 Å². The highest BCUT2D eigenvalue weighted by Crippen LogP contribution is 2.31. The van der Waals surface area contributed by atoms with Crippen molar-refractivity contribution in [2.75, 3.05) is 0 Å². The molecule has 0 spiro atoms. The van der Waals surface area contributed by atoms with E-state index in [-0.39, 0.29) is 28.1 Å². The number of aromatic hydroxyl groups is 1. The highest BCUT2D eigenvalue weighted by Gasteiger charge is 2.16. The second-order valence-electron chi connectivity index (χ2n) is 3.59. The molecule has 7 heteroatoms. The van der Waals surface area contributed by atoms with Gasteiger partial charge in [0.1, 0.15) is 5.69 Å². The second-order valence-corrected chi connectivity index (χ2v) is 3.94. The first-order valence-electron chi connectivity index (χ1n) is 5.06. The molecular formula is C11H10ClN3O3. The molecule has 0 saturated heterocycles. The first kappa shape index (κ1) is 12.4. The fourth-order valence-electron chi connectivity index (χ4n) is 1.38. The average Bonchev–Trinajstić information content (AvgIpc) is 2.34. The van der Waals surface area contributed by atoms with Crippen LogP contribution < -0.4 is 10.3 Å². The Morgan fingerprint density at radius 2 is 2.22 bits per heavy atom. The molecule has 2 aromatic heterocycles. The molecule has 0 aliphatic heterocycles. The monoisotopic (exact) mass is 267 g/mol. The molecule has 0 saturated carbocycles. The van der Waals surface area contributed by atoms with Crippen LogP contribution in [-0.4, -0.2) is 19.9 Å². The van der Waals surface area contributed by atoms with Crippen LogP contribution in [0.5, 0.6) is 17.2 Å². The van der Waals surface area contributed by atoms with Crippen molar-refractivity contribution in [1.29, 1.82) is 0 Å². The van der Waals surface area contributed by atoms with Gasteiger partial charge in [-0.25, -0.2) is 9.67 Å². The summed E-state index contributed by atoms with van der Waals surface area (Å²) in [4.78, 5) is 15.6. The van der Waals surface area contributed by atoms with E-state index in [2.05, 4.69) is 10.1 Å². The first-order chi connectivity index (χ1) is 8.50.